The first-order valence-electron chi connectivity index (χ1n) is 7.86. The first-order valence-corrected chi connectivity index (χ1v) is 9.47. The Labute approximate surface area is 142 Å². The summed E-state index contributed by atoms with van der Waals surface area (Å²) in [5.41, 5.74) is 4.03. The molecule has 0 unspecified atom stereocenters. The van der Waals surface area contributed by atoms with E-state index in [0.717, 1.165) is 16.8 Å². The van der Waals surface area contributed by atoms with Crippen molar-refractivity contribution in [2.24, 2.45) is 0 Å². The van der Waals surface area contributed by atoms with Gasteiger partial charge in [0.2, 0.25) is 10.0 Å². The van der Waals surface area contributed by atoms with Crippen LogP contribution in [0.25, 0.3) is 0 Å². The Hall–Kier alpha value is -2.34. The van der Waals surface area contributed by atoms with Crippen molar-refractivity contribution in [1.82, 2.24) is 0 Å². The maximum atomic E-state index is 12.4. The Balaban J connectivity index is 1.78. The van der Waals surface area contributed by atoms with Gasteiger partial charge in [0, 0.05) is 17.8 Å². The quantitative estimate of drug-likeness (QED) is 0.930. The number of hydrogen-bond acceptors (Lipinski definition) is 3. The summed E-state index contributed by atoms with van der Waals surface area (Å²) < 4.78 is 25.3. The number of nitrogens with one attached hydrogen (secondary N) is 1. The minimum atomic E-state index is -3.20. The van der Waals surface area contributed by atoms with Gasteiger partial charge in [-0.3, -0.25) is 9.10 Å². The van der Waals surface area contributed by atoms with Crippen molar-refractivity contribution in [3.63, 3.8) is 0 Å². The minimum Gasteiger partial charge on any atom is -0.322 e. The molecule has 0 bridgehead atoms. The van der Waals surface area contributed by atoms with Gasteiger partial charge in [0.15, 0.2) is 0 Å². The number of rotatable bonds is 3. The number of carbonyl (C=O) groups excluding carboxylic acids is 1. The van der Waals surface area contributed by atoms with Crippen LogP contribution < -0.4 is 9.62 Å². The zero-order chi connectivity index (χ0) is 17.3. The molecule has 0 radical (unpaired) electrons. The Morgan fingerprint density at radius 3 is 2.42 bits per heavy atom. The molecular formula is C18H20N2O3S. The fourth-order valence-corrected chi connectivity index (χ4v) is 4.35. The molecule has 3 rings (SSSR count). The summed E-state index contributed by atoms with van der Waals surface area (Å²) in [4.78, 5) is 12.4. The highest BCUT2D eigenvalue weighted by Gasteiger charge is 2.28. The molecule has 1 N–H and O–H groups in total. The lowest BCUT2D eigenvalue weighted by Gasteiger charge is -2.17. The highest BCUT2D eigenvalue weighted by atomic mass is 32.2. The number of anilines is 2. The van der Waals surface area contributed by atoms with Gasteiger partial charge in [-0.15, -0.1) is 0 Å². The fourth-order valence-electron chi connectivity index (χ4n) is 2.79. The van der Waals surface area contributed by atoms with E-state index in [2.05, 4.69) is 5.32 Å². The number of sulfonamides is 1. The summed E-state index contributed by atoms with van der Waals surface area (Å²) >= 11 is 0. The van der Waals surface area contributed by atoms with E-state index in [9.17, 15) is 13.2 Å². The van der Waals surface area contributed by atoms with Gasteiger partial charge < -0.3 is 5.32 Å². The molecule has 24 heavy (non-hydrogen) atoms. The molecule has 0 aliphatic carbocycles. The van der Waals surface area contributed by atoms with E-state index in [1.165, 1.54) is 4.31 Å². The normalized spacial score (nSPS) is 16.2. The highest BCUT2D eigenvalue weighted by Crippen LogP contribution is 2.25. The average Bonchev–Trinajstić information content (AvgIpc) is 2.91. The van der Waals surface area contributed by atoms with Crippen molar-refractivity contribution in [2.45, 2.75) is 20.3 Å². The van der Waals surface area contributed by atoms with Crippen molar-refractivity contribution in [3.05, 3.63) is 59.2 Å². The lowest BCUT2D eigenvalue weighted by atomic mass is 10.1. The van der Waals surface area contributed by atoms with Crippen LogP contribution in [0.4, 0.5) is 11.4 Å². The van der Waals surface area contributed by atoms with Gasteiger partial charge in [-0.1, -0.05) is 12.1 Å². The standard InChI is InChI=1S/C18H20N2O3S/c1-13-5-3-6-17(14(13)2)19-18(21)15-7-9-16(10-8-15)20-11-4-12-24(20,22)23/h3,5-10H,4,11-12H2,1-2H3,(H,19,21). The molecular weight excluding hydrogens is 324 g/mol. The van der Waals surface area contributed by atoms with E-state index < -0.39 is 10.0 Å². The number of hydrogen-bond donors (Lipinski definition) is 1. The third-order valence-electron chi connectivity index (χ3n) is 4.37. The SMILES string of the molecule is Cc1cccc(NC(=O)c2ccc(N3CCCS3(=O)=O)cc2)c1C. The van der Waals surface area contributed by atoms with Crippen LogP contribution in [0, 0.1) is 13.8 Å². The van der Waals surface area contributed by atoms with Crippen LogP contribution in [0.15, 0.2) is 42.5 Å². The van der Waals surface area contributed by atoms with Crippen molar-refractivity contribution in [2.75, 3.05) is 21.9 Å². The Bertz CT molecular complexity index is 874. The van der Waals surface area contributed by atoms with E-state index in [4.69, 9.17) is 0 Å². The molecule has 1 heterocycles. The molecule has 0 spiro atoms. The Kier molecular flexibility index (Phi) is 4.32. The van der Waals surface area contributed by atoms with Crippen LogP contribution in [0.5, 0.6) is 0 Å². The van der Waals surface area contributed by atoms with E-state index in [1.54, 1.807) is 24.3 Å². The van der Waals surface area contributed by atoms with Crippen LogP contribution in [0.3, 0.4) is 0 Å². The van der Waals surface area contributed by atoms with Gasteiger partial charge in [-0.25, -0.2) is 8.42 Å². The van der Waals surface area contributed by atoms with Crippen molar-refractivity contribution < 1.29 is 13.2 Å². The molecule has 0 saturated carbocycles. The maximum Gasteiger partial charge on any atom is 0.255 e. The van der Waals surface area contributed by atoms with Crippen molar-refractivity contribution in [3.8, 4) is 0 Å². The molecule has 0 aromatic heterocycles. The van der Waals surface area contributed by atoms with Crippen LogP contribution >= 0.6 is 0 Å². The predicted molar refractivity (Wildman–Crippen MR) is 96.1 cm³/mol. The largest absolute Gasteiger partial charge is 0.322 e. The zero-order valence-electron chi connectivity index (χ0n) is 13.7. The van der Waals surface area contributed by atoms with Gasteiger partial charge in [-0.2, -0.15) is 0 Å². The van der Waals surface area contributed by atoms with Gasteiger partial charge in [0.1, 0.15) is 0 Å². The number of aryl methyl sites for hydroxylation is 1. The molecule has 6 heteroatoms. The van der Waals surface area contributed by atoms with Crippen LogP contribution in [0.2, 0.25) is 0 Å². The fraction of sp³-hybridized carbons (Fsp3) is 0.278. The minimum absolute atomic E-state index is 0.182. The molecule has 1 aliphatic rings. The number of nitrogens with zero attached hydrogens (tertiary/aromatic N) is 1. The second-order valence-corrected chi connectivity index (χ2v) is 8.00. The Morgan fingerprint density at radius 1 is 1.08 bits per heavy atom. The summed E-state index contributed by atoms with van der Waals surface area (Å²) in [5, 5.41) is 2.90. The monoisotopic (exact) mass is 344 g/mol. The second-order valence-electron chi connectivity index (χ2n) is 5.99. The molecule has 5 nitrogen and oxygen atoms in total. The Morgan fingerprint density at radius 2 is 1.79 bits per heavy atom. The summed E-state index contributed by atoms with van der Waals surface area (Å²) in [7, 11) is -3.20. The summed E-state index contributed by atoms with van der Waals surface area (Å²) in [6.07, 6.45) is 0.636. The van der Waals surface area contributed by atoms with E-state index in [-0.39, 0.29) is 11.7 Å². The van der Waals surface area contributed by atoms with E-state index in [0.29, 0.717) is 24.2 Å². The van der Waals surface area contributed by atoms with Gasteiger partial charge in [0.05, 0.1) is 11.4 Å². The highest BCUT2D eigenvalue weighted by molar-refractivity contribution is 7.93. The van der Waals surface area contributed by atoms with Gasteiger partial charge in [-0.05, 0) is 61.7 Å². The molecule has 126 valence electrons. The first kappa shape index (κ1) is 16.5. The predicted octanol–water partition coefficient (Wildman–Crippen LogP) is 3.10. The first-order chi connectivity index (χ1) is 11.4. The van der Waals surface area contributed by atoms with Crippen LogP contribution in [-0.4, -0.2) is 26.6 Å². The molecule has 0 atom stereocenters. The molecule has 1 fully saturated rings. The lowest BCUT2D eigenvalue weighted by molar-refractivity contribution is 0.102. The molecule has 2 aromatic rings. The van der Waals surface area contributed by atoms with Crippen molar-refractivity contribution >= 4 is 27.3 Å². The number of benzene rings is 2. The topological polar surface area (TPSA) is 66.5 Å². The molecule has 1 amide bonds. The maximum absolute atomic E-state index is 12.4. The van der Waals surface area contributed by atoms with Crippen LogP contribution in [0.1, 0.15) is 27.9 Å². The van der Waals surface area contributed by atoms with Crippen molar-refractivity contribution in [1.29, 1.82) is 0 Å². The van der Waals surface area contributed by atoms with Crippen LogP contribution in [-0.2, 0) is 10.0 Å². The third-order valence-corrected chi connectivity index (χ3v) is 6.24. The lowest BCUT2D eigenvalue weighted by Crippen LogP contribution is -2.25. The van der Waals surface area contributed by atoms with E-state index in [1.807, 2.05) is 32.0 Å². The molecule has 1 aliphatic heterocycles. The zero-order valence-corrected chi connectivity index (χ0v) is 14.6. The molecule has 2 aromatic carbocycles. The smallest absolute Gasteiger partial charge is 0.255 e. The third kappa shape index (κ3) is 3.14. The van der Waals surface area contributed by atoms with Gasteiger partial charge in [0.25, 0.3) is 5.91 Å². The molecule has 1 saturated heterocycles. The second kappa shape index (κ2) is 6.28. The summed E-state index contributed by atoms with van der Waals surface area (Å²) in [6, 6.07) is 12.4. The average molecular weight is 344 g/mol. The van der Waals surface area contributed by atoms with E-state index >= 15 is 0 Å². The van der Waals surface area contributed by atoms with Gasteiger partial charge >= 0.3 is 0 Å². The summed E-state index contributed by atoms with van der Waals surface area (Å²) in [6.45, 7) is 4.46. The summed E-state index contributed by atoms with van der Waals surface area (Å²) in [5.74, 6) is -0.0264. The number of carbonyl (C=O) groups is 1. The number of amides is 1.